The average molecular weight is 272 g/mol. The van der Waals surface area contributed by atoms with Crippen molar-refractivity contribution >= 4 is 17.3 Å². The van der Waals surface area contributed by atoms with Gasteiger partial charge in [-0.2, -0.15) is 0 Å². The summed E-state index contributed by atoms with van der Waals surface area (Å²) in [7, 11) is 0. The molecule has 0 aliphatic rings. The SMILES string of the molecule is Cc1ccc(NC(=O)CCc2ccccc2N)c(F)c1. The number of rotatable bonds is 4. The summed E-state index contributed by atoms with van der Waals surface area (Å²) >= 11 is 0. The molecule has 20 heavy (non-hydrogen) atoms. The van der Waals surface area contributed by atoms with Gasteiger partial charge in [0.2, 0.25) is 5.91 Å². The molecule has 1 amide bonds. The summed E-state index contributed by atoms with van der Waals surface area (Å²) in [6.07, 6.45) is 0.799. The molecule has 3 nitrogen and oxygen atoms in total. The lowest BCUT2D eigenvalue weighted by Crippen LogP contribution is -2.13. The number of para-hydroxylation sites is 1. The summed E-state index contributed by atoms with van der Waals surface area (Å²) in [5.41, 5.74) is 8.43. The van der Waals surface area contributed by atoms with Crippen molar-refractivity contribution in [2.75, 3.05) is 11.1 Å². The van der Waals surface area contributed by atoms with Crippen LogP contribution in [0.2, 0.25) is 0 Å². The number of carbonyl (C=O) groups is 1. The fraction of sp³-hybridized carbons (Fsp3) is 0.188. The molecule has 0 unspecified atom stereocenters. The standard InChI is InChI=1S/C16H17FN2O/c1-11-6-8-15(13(17)10-11)19-16(20)9-7-12-4-2-3-5-14(12)18/h2-6,8,10H,7,9,18H2,1H3,(H,19,20). The fourth-order valence-electron chi connectivity index (χ4n) is 1.94. The van der Waals surface area contributed by atoms with Crippen molar-refractivity contribution in [3.63, 3.8) is 0 Å². The molecule has 0 radical (unpaired) electrons. The van der Waals surface area contributed by atoms with Gasteiger partial charge in [0.1, 0.15) is 5.82 Å². The Morgan fingerprint density at radius 1 is 1.25 bits per heavy atom. The first-order valence-electron chi connectivity index (χ1n) is 6.45. The molecule has 0 aliphatic heterocycles. The normalized spacial score (nSPS) is 10.3. The number of halogens is 1. The lowest BCUT2D eigenvalue weighted by atomic mass is 10.1. The van der Waals surface area contributed by atoms with Gasteiger partial charge in [0.05, 0.1) is 5.69 Å². The van der Waals surface area contributed by atoms with Crippen LogP contribution in [-0.4, -0.2) is 5.91 Å². The van der Waals surface area contributed by atoms with Crippen LogP contribution in [0.3, 0.4) is 0 Å². The number of nitrogen functional groups attached to an aromatic ring is 1. The molecule has 0 saturated carbocycles. The van der Waals surface area contributed by atoms with Crippen molar-refractivity contribution in [2.24, 2.45) is 0 Å². The maximum absolute atomic E-state index is 13.6. The van der Waals surface area contributed by atoms with Crippen molar-refractivity contribution in [3.05, 3.63) is 59.4 Å². The van der Waals surface area contributed by atoms with Crippen LogP contribution in [0.5, 0.6) is 0 Å². The molecule has 4 heteroatoms. The van der Waals surface area contributed by atoms with Gasteiger partial charge in [-0.15, -0.1) is 0 Å². The minimum Gasteiger partial charge on any atom is -0.399 e. The van der Waals surface area contributed by atoms with E-state index in [4.69, 9.17) is 5.73 Å². The Bertz CT molecular complexity index is 626. The van der Waals surface area contributed by atoms with E-state index in [2.05, 4.69) is 5.32 Å². The molecular weight excluding hydrogens is 255 g/mol. The van der Waals surface area contributed by atoms with Crippen molar-refractivity contribution in [3.8, 4) is 0 Å². The van der Waals surface area contributed by atoms with Crippen LogP contribution in [0.1, 0.15) is 17.5 Å². The van der Waals surface area contributed by atoms with Crippen LogP contribution in [-0.2, 0) is 11.2 Å². The largest absolute Gasteiger partial charge is 0.399 e. The third kappa shape index (κ3) is 3.57. The van der Waals surface area contributed by atoms with Gasteiger partial charge in [-0.1, -0.05) is 24.3 Å². The fourth-order valence-corrected chi connectivity index (χ4v) is 1.94. The Hall–Kier alpha value is -2.36. The Morgan fingerprint density at radius 2 is 2.00 bits per heavy atom. The summed E-state index contributed by atoms with van der Waals surface area (Å²) in [5.74, 6) is -0.645. The third-order valence-electron chi connectivity index (χ3n) is 3.08. The first kappa shape index (κ1) is 14.1. The number of hydrogen-bond acceptors (Lipinski definition) is 2. The molecule has 0 fully saturated rings. The zero-order valence-electron chi connectivity index (χ0n) is 11.3. The quantitative estimate of drug-likeness (QED) is 0.839. The minimum absolute atomic E-state index is 0.210. The van der Waals surface area contributed by atoms with E-state index in [1.54, 1.807) is 25.1 Å². The van der Waals surface area contributed by atoms with Crippen molar-refractivity contribution in [1.82, 2.24) is 0 Å². The highest BCUT2D eigenvalue weighted by Crippen LogP contribution is 2.17. The van der Waals surface area contributed by atoms with Gasteiger partial charge in [0.25, 0.3) is 0 Å². The molecule has 0 atom stereocenters. The van der Waals surface area contributed by atoms with E-state index in [1.165, 1.54) is 6.07 Å². The van der Waals surface area contributed by atoms with E-state index in [0.717, 1.165) is 11.1 Å². The van der Waals surface area contributed by atoms with Gasteiger partial charge < -0.3 is 11.1 Å². The van der Waals surface area contributed by atoms with Crippen molar-refractivity contribution in [2.45, 2.75) is 19.8 Å². The number of benzene rings is 2. The van der Waals surface area contributed by atoms with Crippen molar-refractivity contribution < 1.29 is 9.18 Å². The van der Waals surface area contributed by atoms with Gasteiger partial charge in [0.15, 0.2) is 0 Å². The molecule has 0 aliphatic carbocycles. The second-order valence-corrected chi connectivity index (χ2v) is 4.73. The topological polar surface area (TPSA) is 55.1 Å². The molecule has 0 saturated heterocycles. The van der Waals surface area contributed by atoms with Gasteiger partial charge in [0, 0.05) is 12.1 Å². The minimum atomic E-state index is -0.419. The maximum atomic E-state index is 13.6. The monoisotopic (exact) mass is 272 g/mol. The maximum Gasteiger partial charge on any atom is 0.224 e. The van der Waals surface area contributed by atoms with Gasteiger partial charge in [-0.3, -0.25) is 4.79 Å². The zero-order valence-corrected chi connectivity index (χ0v) is 11.3. The molecule has 2 aromatic carbocycles. The Morgan fingerprint density at radius 3 is 2.70 bits per heavy atom. The summed E-state index contributed by atoms with van der Waals surface area (Å²) in [4.78, 5) is 11.8. The number of carbonyl (C=O) groups excluding carboxylic acids is 1. The average Bonchev–Trinajstić information content (AvgIpc) is 2.41. The van der Waals surface area contributed by atoms with E-state index in [-0.39, 0.29) is 18.0 Å². The summed E-state index contributed by atoms with van der Waals surface area (Å²) < 4.78 is 13.6. The predicted octanol–water partition coefficient (Wildman–Crippen LogP) is 3.29. The van der Waals surface area contributed by atoms with E-state index >= 15 is 0 Å². The lowest BCUT2D eigenvalue weighted by Gasteiger charge is -2.08. The molecular formula is C16H17FN2O. The van der Waals surface area contributed by atoms with E-state index in [0.29, 0.717) is 12.1 Å². The number of nitrogens with one attached hydrogen (secondary N) is 1. The van der Waals surface area contributed by atoms with Crippen LogP contribution in [0.25, 0.3) is 0 Å². The highest BCUT2D eigenvalue weighted by atomic mass is 19.1. The van der Waals surface area contributed by atoms with Gasteiger partial charge >= 0.3 is 0 Å². The summed E-state index contributed by atoms with van der Waals surface area (Å²) in [6, 6.07) is 12.1. The summed E-state index contributed by atoms with van der Waals surface area (Å²) in [6.45, 7) is 1.80. The van der Waals surface area contributed by atoms with Crippen LogP contribution in [0.15, 0.2) is 42.5 Å². The lowest BCUT2D eigenvalue weighted by molar-refractivity contribution is -0.116. The molecule has 0 aromatic heterocycles. The second kappa shape index (κ2) is 6.19. The molecule has 0 bridgehead atoms. The molecule has 104 valence electrons. The van der Waals surface area contributed by atoms with Gasteiger partial charge in [-0.05, 0) is 42.7 Å². The van der Waals surface area contributed by atoms with Crippen LogP contribution >= 0.6 is 0 Å². The van der Waals surface area contributed by atoms with E-state index < -0.39 is 5.82 Å². The number of anilines is 2. The van der Waals surface area contributed by atoms with E-state index in [1.807, 2.05) is 18.2 Å². The van der Waals surface area contributed by atoms with Crippen LogP contribution in [0, 0.1) is 12.7 Å². The van der Waals surface area contributed by atoms with Gasteiger partial charge in [-0.25, -0.2) is 4.39 Å². The molecule has 0 heterocycles. The van der Waals surface area contributed by atoms with Crippen LogP contribution < -0.4 is 11.1 Å². The highest BCUT2D eigenvalue weighted by Gasteiger charge is 2.08. The highest BCUT2D eigenvalue weighted by molar-refractivity contribution is 5.91. The Balaban J connectivity index is 1.94. The Labute approximate surface area is 117 Å². The molecule has 3 N–H and O–H groups in total. The van der Waals surface area contributed by atoms with E-state index in [9.17, 15) is 9.18 Å². The smallest absolute Gasteiger partial charge is 0.224 e. The second-order valence-electron chi connectivity index (χ2n) is 4.73. The van der Waals surface area contributed by atoms with Crippen LogP contribution in [0.4, 0.5) is 15.8 Å². The number of hydrogen-bond donors (Lipinski definition) is 2. The first-order valence-corrected chi connectivity index (χ1v) is 6.45. The number of aryl methyl sites for hydroxylation is 2. The third-order valence-corrected chi connectivity index (χ3v) is 3.08. The predicted molar refractivity (Wildman–Crippen MR) is 78.9 cm³/mol. The first-order chi connectivity index (χ1) is 9.56. The molecule has 2 aromatic rings. The molecule has 0 spiro atoms. The van der Waals surface area contributed by atoms with Crippen molar-refractivity contribution in [1.29, 1.82) is 0 Å². The summed E-state index contributed by atoms with van der Waals surface area (Å²) in [5, 5.41) is 2.57. The molecule has 2 rings (SSSR count). The number of amides is 1. The zero-order chi connectivity index (χ0) is 14.5. The Kier molecular flexibility index (Phi) is 4.35. The number of nitrogens with two attached hydrogens (primary N) is 1.